The largest absolute Gasteiger partial charge is 0.377 e. The number of halogens is 1. The third-order valence-corrected chi connectivity index (χ3v) is 3.97. The van der Waals surface area contributed by atoms with Crippen molar-refractivity contribution < 1.29 is 4.74 Å². The van der Waals surface area contributed by atoms with Gasteiger partial charge in [0.1, 0.15) is 0 Å². The minimum atomic E-state index is 0.373. The third-order valence-electron chi connectivity index (χ3n) is 3.47. The Morgan fingerprint density at radius 1 is 1.44 bits per heavy atom. The van der Waals surface area contributed by atoms with Gasteiger partial charge in [0.15, 0.2) is 0 Å². The summed E-state index contributed by atoms with van der Waals surface area (Å²) in [4.78, 5) is 0. The molecule has 0 saturated carbocycles. The molecule has 0 aliphatic carbocycles. The van der Waals surface area contributed by atoms with E-state index in [2.05, 4.69) is 52.4 Å². The lowest BCUT2D eigenvalue weighted by molar-refractivity contribution is -0.00709. The van der Waals surface area contributed by atoms with Crippen LogP contribution in [0.2, 0.25) is 0 Å². The highest BCUT2D eigenvalue weighted by Gasteiger charge is 2.23. The van der Waals surface area contributed by atoms with Crippen LogP contribution in [-0.2, 0) is 11.2 Å². The summed E-state index contributed by atoms with van der Waals surface area (Å²) < 4.78 is 7.07. The number of rotatable bonds is 5. The molecule has 2 rings (SSSR count). The smallest absolute Gasteiger partial charge is 0.0731 e. The van der Waals surface area contributed by atoms with Gasteiger partial charge in [0, 0.05) is 17.1 Å². The minimum absolute atomic E-state index is 0.373. The van der Waals surface area contributed by atoms with Gasteiger partial charge in [-0.05, 0) is 49.9 Å². The maximum atomic E-state index is 5.92. The molecule has 1 heterocycles. The molecular formula is C15H22BrNO. The quantitative estimate of drug-likeness (QED) is 0.898. The van der Waals surface area contributed by atoms with E-state index >= 15 is 0 Å². The minimum Gasteiger partial charge on any atom is -0.377 e. The molecule has 0 radical (unpaired) electrons. The Kier molecular flexibility index (Phi) is 5.67. The normalized spacial score (nSPS) is 21.8. The van der Waals surface area contributed by atoms with Crippen molar-refractivity contribution in [1.29, 1.82) is 0 Å². The van der Waals surface area contributed by atoms with E-state index in [0.29, 0.717) is 12.1 Å². The molecular weight excluding hydrogens is 290 g/mol. The average Bonchev–Trinajstić information content (AvgIpc) is 2.39. The zero-order chi connectivity index (χ0) is 12.8. The summed E-state index contributed by atoms with van der Waals surface area (Å²) in [6.07, 6.45) is 5.11. The van der Waals surface area contributed by atoms with E-state index in [4.69, 9.17) is 4.74 Å². The lowest BCUT2D eigenvalue weighted by atomic mass is 9.96. The molecule has 1 aromatic carbocycles. The molecule has 0 spiro atoms. The summed E-state index contributed by atoms with van der Waals surface area (Å²) in [7, 11) is 0. The standard InChI is InChI=1S/C15H22BrNO/c1-2-17-14(15-8-3-4-9-18-15)11-12-6-5-7-13(16)10-12/h5-7,10,14-15,17H,2-4,8-9,11H2,1H3. The van der Waals surface area contributed by atoms with Crippen LogP contribution in [-0.4, -0.2) is 25.3 Å². The number of benzene rings is 1. The number of hydrogen-bond acceptors (Lipinski definition) is 2. The SMILES string of the molecule is CCNC(Cc1cccc(Br)c1)C1CCCCO1. The first-order valence-electron chi connectivity index (χ1n) is 6.89. The summed E-state index contributed by atoms with van der Waals surface area (Å²) in [6.45, 7) is 4.08. The van der Waals surface area contributed by atoms with Gasteiger partial charge < -0.3 is 10.1 Å². The Balaban J connectivity index is 2.00. The van der Waals surface area contributed by atoms with Gasteiger partial charge in [-0.15, -0.1) is 0 Å². The molecule has 18 heavy (non-hydrogen) atoms. The van der Waals surface area contributed by atoms with Gasteiger partial charge in [-0.25, -0.2) is 0 Å². The first-order chi connectivity index (χ1) is 8.79. The Morgan fingerprint density at radius 3 is 3.00 bits per heavy atom. The predicted molar refractivity (Wildman–Crippen MR) is 78.9 cm³/mol. The van der Waals surface area contributed by atoms with E-state index in [-0.39, 0.29) is 0 Å². The molecule has 2 unspecified atom stereocenters. The van der Waals surface area contributed by atoms with Crippen LogP contribution in [0.25, 0.3) is 0 Å². The summed E-state index contributed by atoms with van der Waals surface area (Å²) in [6, 6.07) is 9.00. The average molecular weight is 312 g/mol. The first kappa shape index (κ1) is 14.0. The molecule has 1 N–H and O–H groups in total. The van der Waals surface area contributed by atoms with Crippen LogP contribution in [0.4, 0.5) is 0 Å². The van der Waals surface area contributed by atoms with Gasteiger partial charge >= 0.3 is 0 Å². The molecule has 1 fully saturated rings. The van der Waals surface area contributed by atoms with Gasteiger partial charge in [-0.1, -0.05) is 35.0 Å². The predicted octanol–water partition coefficient (Wildman–Crippen LogP) is 3.54. The summed E-state index contributed by atoms with van der Waals surface area (Å²) in [5.74, 6) is 0. The second-order valence-electron chi connectivity index (χ2n) is 4.90. The summed E-state index contributed by atoms with van der Waals surface area (Å²) in [5.41, 5.74) is 1.37. The van der Waals surface area contributed by atoms with E-state index in [1.54, 1.807) is 0 Å². The third kappa shape index (κ3) is 4.08. The van der Waals surface area contributed by atoms with E-state index in [1.165, 1.54) is 24.8 Å². The van der Waals surface area contributed by atoms with Crippen molar-refractivity contribution in [1.82, 2.24) is 5.32 Å². The van der Waals surface area contributed by atoms with Crippen LogP contribution in [0.15, 0.2) is 28.7 Å². The van der Waals surface area contributed by atoms with Crippen LogP contribution >= 0.6 is 15.9 Å². The van der Waals surface area contributed by atoms with Crippen molar-refractivity contribution >= 4 is 15.9 Å². The van der Waals surface area contributed by atoms with Crippen LogP contribution in [0.3, 0.4) is 0 Å². The van der Waals surface area contributed by atoms with E-state index < -0.39 is 0 Å². The maximum Gasteiger partial charge on any atom is 0.0731 e. The first-order valence-corrected chi connectivity index (χ1v) is 7.68. The van der Waals surface area contributed by atoms with Gasteiger partial charge in [0.2, 0.25) is 0 Å². The number of ether oxygens (including phenoxy) is 1. The molecule has 1 aliphatic heterocycles. The molecule has 0 amide bonds. The molecule has 2 atom stereocenters. The topological polar surface area (TPSA) is 21.3 Å². The van der Waals surface area contributed by atoms with Crippen molar-refractivity contribution in [2.24, 2.45) is 0 Å². The Morgan fingerprint density at radius 2 is 2.33 bits per heavy atom. The van der Waals surface area contributed by atoms with Crippen LogP contribution < -0.4 is 5.32 Å². The molecule has 0 bridgehead atoms. The lowest BCUT2D eigenvalue weighted by Crippen LogP contribution is -2.44. The van der Waals surface area contributed by atoms with Crippen molar-refractivity contribution in [3.63, 3.8) is 0 Å². The van der Waals surface area contributed by atoms with Crippen molar-refractivity contribution in [3.05, 3.63) is 34.3 Å². The highest BCUT2D eigenvalue weighted by Crippen LogP contribution is 2.20. The monoisotopic (exact) mass is 311 g/mol. The number of likely N-dealkylation sites (N-methyl/N-ethyl adjacent to an activating group) is 1. The molecule has 2 nitrogen and oxygen atoms in total. The molecule has 3 heteroatoms. The fraction of sp³-hybridized carbons (Fsp3) is 0.600. The molecule has 100 valence electrons. The van der Waals surface area contributed by atoms with E-state index in [9.17, 15) is 0 Å². The zero-order valence-corrected chi connectivity index (χ0v) is 12.6. The fourth-order valence-corrected chi connectivity index (χ4v) is 3.04. The Bertz CT molecular complexity index is 363. The highest BCUT2D eigenvalue weighted by molar-refractivity contribution is 9.10. The lowest BCUT2D eigenvalue weighted by Gasteiger charge is -2.31. The Labute approximate surface area is 118 Å². The second kappa shape index (κ2) is 7.27. The van der Waals surface area contributed by atoms with Crippen LogP contribution in [0, 0.1) is 0 Å². The summed E-state index contributed by atoms with van der Waals surface area (Å²) >= 11 is 3.54. The van der Waals surface area contributed by atoms with Gasteiger partial charge in [-0.3, -0.25) is 0 Å². The van der Waals surface area contributed by atoms with E-state index in [0.717, 1.165) is 24.0 Å². The molecule has 1 aromatic rings. The summed E-state index contributed by atoms with van der Waals surface area (Å²) in [5, 5.41) is 3.58. The van der Waals surface area contributed by atoms with E-state index in [1.807, 2.05) is 0 Å². The zero-order valence-electron chi connectivity index (χ0n) is 11.0. The van der Waals surface area contributed by atoms with Crippen molar-refractivity contribution in [2.45, 2.75) is 44.8 Å². The van der Waals surface area contributed by atoms with Crippen LogP contribution in [0.5, 0.6) is 0 Å². The number of hydrogen-bond donors (Lipinski definition) is 1. The maximum absolute atomic E-state index is 5.92. The van der Waals surface area contributed by atoms with Crippen molar-refractivity contribution in [3.8, 4) is 0 Å². The van der Waals surface area contributed by atoms with Gasteiger partial charge in [0.25, 0.3) is 0 Å². The fourth-order valence-electron chi connectivity index (χ4n) is 2.60. The Hall–Kier alpha value is -0.380. The van der Waals surface area contributed by atoms with Gasteiger partial charge in [0.05, 0.1) is 6.10 Å². The molecule has 0 aromatic heterocycles. The van der Waals surface area contributed by atoms with Gasteiger partial charge in [-0.2, -0.15) is 0 Å². The number of nitrogens with one attached hydrogen (secondary N) is 1. The van der Waals surface area contributed by atoms with Crippen molar-refractivity contribution in [2.75, 3.05) is 13.2 Å². The highest BCUT2D eigenvalue weighted by atomic mass is 79.9. The molecule has 1 saturated heterocycles. The molecule has 1 aliphatic rings. The van der Waals surface area contributed by atoms with Crippen LogP contribution in [0.1, 0.15) is 31.7 Å². The second-order valence-corrected chi connectivity index (χ2v) is 5.82.